The van der Waals surface area contributed by atoms with Crippen molar-refractivity contribution >= 4 is 23.5 Å². The van der Waals surface area contributed by atoms with Gasteiger partial charge in [0.2, 0.25) is 5.75 Å². The largest absolute Gasteiger partial charge is 0.502 e. The molecule has 0 bridgehead atoms. The Morgan fingerprint density at radius 1 is 1.29 bits per heavy atom. The molecule has 1 heterocycles. The molecule has 0 aromatic heterocycles. The number of aliphatic imine (C=N–C) groups is 1. The van der Waals surface area contributed by atoms with Gasteiger partial charge in [-0.15, -0.1) is 0 Å². The number of hydrogen-bond acceptors (Lipinski definition) is 6. The number of halogens is 1. The Morgan fingerprint density at radius 2 is 1.96 bits per heavy atom. The summed E-state index contributed by atoms with van der Waals surface area (Å²) in [6.07, 6.45) is 1.45. The van der Waals surface area contributed by atoms with Crippen molar-refractivity contribution in [2.45, 2.75) is 19.0 Å². The van der Waals surface area contributed by atoms with Crippen molar-refractivity contribution in [1.82, 2.24) is 4.90 Å². The highest BCUT2D eigenvalue weighted by Crippen LogP contribution is 2.33. The van der Waals surface area contributed by atoms with Crippen LogP contribution in [0.4, 0.5) is 5.69 Å². The molecule has 3 rings (SSSR count). The monoisotopic (exact) mass is 403 g/mol. The van der Waals surface area contributed by atoms with Gasteiger partial charge in [0.05, 0.1) is 30.2 Å². The van der Waals surface area contributed by atoms with Gasteiger partial charge in [-0.05, 0) is 18.6 Å². The Kier molecular flexibility index (Phi) is 6.61. The van der Waals surface area contributed by atoms with Crippen LogP contribution in [-0.4, -0.2) is 53.5 Å². The van der Waals surface area contributed by atoms with Crippen molar-refractivity contribution in [3.05, 3.63) is 68.7 Å². The zero-order valence-corrected chi connectivity index (χ0v) is 16.2. The molecule has 7 nitrogen and oxygen atoms in total. The van der Waals surface area contributed by atoms with E-state index in [2.05, 4.69) is 22.0 Å². The van der Waals surface area contributed by atoms with Crippen LogP contribution in [-0.2, 0) is 4.74 Å². The first-order valence-electron chi connectivity index (χ1n) is 9.04. The highest BCUT2D eigenvalue weighted by molar-refractivity contribution is 6.31. The van der Waals surface area contributed by atoms with Crippen molar-refractivity contribution < 1.29 is 14.8 Å². The first-order chi connectivity index (χ1) is 13.5. The number of benzene rings is 2. The van der Waals surface area contributed by atoms with Crippen LogP contribution < -0.4 is 0 Å². The van der Waals surface area contributed by atoms with E-state index in [1.165, 1.54) is 12.3 Å². The lowest BCUT2D eigenvalue weighted by atomic mass is 9.98. The number of hydrogen-bond donors (Lipinski definition) is 1. The third-order valence-electron chi connectivity index (χ3n) is 4.77. The molecule has 0 unspecified atom stereocenters. The Hall–Kier alpha value is -2.48. The number of nitro benzene ring substituents is 1. The summed E-state index contributed by atoms with van der Waals surface area (Å²) in [5.41, 5.74) is 0.921. The molecule has 0 aliphatic carbocycles. The van der Waals surface area contributed by atoms with Crippen LogP contribution in [0.5, 0.6) is 5.75 Å². The average molecular weight is 404 g/mol. The van der Waals surface area contributed by atoms with Crippen molar-refractivity contribution in [2.75, 3.05) is 26.3 Å². The number of aromatic hydroxyl groups is 1. The number of nitrogens with zero attached hydrogens (tertiary/aromatic N) is 3. The summed E-state index contributed by atoms with van der Waals surface area (Å²) >= 11 is 5.96. The molecule has 0 saturated carbocycles. The van der Waals surface area contributed by atoms with E-state index in [0.29, 0.717) is 13.2 Å². The average Bonchev–Trinajstić information content (AvgIpc) is 2.70. The number of morpholine rings is 1. The summed E-state index contributed by atoms with van der Waals surface area (Å²) < 4.78 is 5.47. The van der Waals surface area contributed by atoms with Gasteiger partial charge in [0.25, 0.3) is 0 Å². The maximum atomic E-state index is 11.1. The quantitative estimate of drug-likeness (QED) is 0.449. The minimum atomic E-state index is -0.664. The predicted molar refractivity (Wildman–Crippen MR) is 108 cm³/mol. The van der Waals surface area contributed by atoms with E-state index in [-0.39, 0.29) is 22.7 Å². The highest BCUT2D eigenvalue weighted by atomic mass is 35.5. The van der Waals surface area contributed by atoms with E-state index in [0.717, 1.165) is 24.7 Å². The molecular formula is C20H22ClN3O4. The lowest BCUT2D eigenvalue weighted by Gasteiger charge is -2.37. The lowest BCUT2D eigenvalue weighted by molar-refractivity contribution is -0.385. The summed E-state index contributed by atoms with van der Waals surface area (Å²) in [5, 5.41) is 21.4. The SMILES string of the molecule is C[C@@H](N=Cc1cc(Cl)cc([N+](=O)[O-])c1O)[C@@H](c1ccccc1)N1CCOCC1. The Bertz CT molecular complexity index is 854. The van der Waals surface area contributed by atoms with E-state index < -0.39 is 16.4 Å². The van der Waals surface area contributed by atoms with Gasteiger partial charge in [-0.1, -0.05) is 41.9 Å². The standard InChI is InChI=1S/C20H22ClN3O4/c1-14(22-13-16-11-17(21)12-18(20(16)25)24(26)27)19(15-5-3-2-4-6-15)23-7-9-28-10-8-23/h2-6,11-14,19,25H,7-10H2,1H3/t14-,19+/m1/s1. The van der Waals surface area contributed by atoms with Gasteiger partial charge in [0.15, 0.2) is 0 Å². The van der Waals surface area contributed by atoms with Crippen molar-refractivity contribution in [3.8, 4) is 5.75 Å². The molecule has 1 N–H and O–H groups in total. The third kappa shape index (κ3) is 4.67. The van der Waals surface area contributed by atoms with Gasteiger partial charge in [0.1, 0.15) is 0 Å². The van der Waals surface area contributed by atoms with Gasteiger partial charge in [-0.3, -0.25) is 20.0 Å². The summed E-state index contributed by atoms with van der Waals surface area (Å²) in [5.74, 6) is -0.437. The van der Waals surface area contributed by atoms with Gasteiger partial charge in [-0.25, -0.2) is 0 Å². The van der Waals surface area contributed by atoms with E-state index >= 15 is 0 Å². The summed E-state index contributed by atoms with van der Waals surface area (Å²) in [7, 11) is 0. The van der Waals surface area contributed by atoms with Crippen molar-refractivity contribution in [1.29, 1.82) is 0 Å². The molecule has 148 valence electrons. The molecular weight excluding hydrogens is 382 g/mol. The molecule has 8 heteroatoms. The topological polar surface area (TPSA) is 88.2 Å². The molecule has 1 aliphatic heterocycles. The maximum Gasteiger partial charge on any atom is 0.312 e. The van der Waals surface area contributed by atoms with Crippen molar-refractivity contribution in [2.24, 2.45) is 4.99 Å². The Balaban J connectivity index is 1.90. The molecule has 1 aliphatic rings. The van der Waals surface area contributed by atoms with Gasteiger partial charge in [-0.2, -0.15) is 0 Å². The lowest BCUT2D eigenvalue weighted by Crippen LogP contribution is -2.42. The number of nitro groups is 1. The number of phenols is 1. The van der Waals surface area contributed by atoms with Gasteiger partial charge < -0.3 is 9.84 Å². The van der Waals surface area contributed by atoms with Gasteiger partial charge in [0, 0.05) is 36.0 Å². The molecule has 2 atom stereocenters. The Morgan fingerprint density at radius 3 is 2.61 bits per heavy atom. The smallest absolute Gasteiger partial charge is 0.312 e. The molecule has 1 fully saturated rings. The first kappa shape index (κ1) is 20.3. The predicted octanol–water partition coefficient (Wildman–Crippen LogP) is 3.83. The van der Waals surface area contributed by atoms with E-state index in [1.54, 1.807) is 0 Å². The first-order valence-corrected chi connectivity index (χ1v) is 9.42. The van der Waals surface area contributed by atoms with Gasteiger partial charge >= 0.3 is 5.69 Å². The molecule has 0 radical (unpaired) electrons. The normalized spacial score (nSPS) is 17.5. The van der Waals surface area contributed by atoms with E-state index in [1.807, 2.05) is 25.1 Å². The zero-order chi connectivity index (χ0) is 20.1. The van der Waals surface area contributed by atoms with Crippen LogP contribution in [0.1, 0.15) is 24.1 Å². The highest BCUT2D eigenvalue weighted by Gasteiger charge is 2.27. The van der Waals surface area contributed by atoms with Crippen LogP contribution >= 0.6 is 11.6 Å². The third-order valence-corrected chi connectivity index (χ3v) is 4.98. The maximum absolute atomic E-state index is 11.1. The minimum Gasteiger partial charge on any atom is -0.502 e. The van der Waals surface area contributed by atoms with Crippen LogP contribution in [0.2, 0.25) is 5.02 Å². The Labute approximate surface area is 168 Å². The number of rotatable bonds is 6. The number of phenolic OH excluding ortho intramolecular Hbond substituents is 1. The fourth-order valence-corrected chi connectivity index (χ4v) is 3.64. The second kappa shape index (κ2) is 9.14. The zero-order valence-electron chi connectivity index (χ0n) is 15.5. The molecule has 2 aromatic rings. The second-order valence-electron chi connectivity index (χ2n) is 6.64. The molecule has 2 aromatic carbocycles. The van der Waals surface area contributed by atoms with Crippen LogP contribution in [0.25, 0.3) is 0 Å². The van der Waals surface area contributed by atoms with Crippen LogP contribution in [0, 0.1) is 10.1 Å². The molecule has 0 amide bonds. The van der Waals surface area contributed by atoms with E-state index in [4.69, 9.17) is 16.3 Å². The molecule has 1 saturated heterocycles. The fraction of sp³-hybridized carbons (Fsp3) is 0.350. The van der Waals surface area contributed by atoms with Crippen LogP contribution in [0.3, 0.4) is 0 Å². The fourth-order valence-electron chi connectivity index (χ4n) is 3.42. The van der Waals surface area contributed by atoms with E-state index in [9.17, 15) is 15.2 Å². The summed E-state index contributed by atoms with van der Waals surface area (Å²) in [6.45, 7) is 4.92. The minimum absolute atomic E-state index is 0.0256. The number of ether oxygens (including phenoxy) is 1. The molecule has 28 heavy (non-hydrogen) atoms. The summed E-state index contributed by atoms with van der Waals surface area (Å²) in [6, 6.07) is 12.5. The summed E-state index contributed by atoms with van der Waals surface area (Å²) in [4.78, 5) is 17.3. The second-order valence-corrected chi connectivity index (χ2v) is 7.08. The van der Waals surface area contributed by atoms with Crippen LogP contribution in [0.15, 0.2) is 47.5 Å². The molecule has 0 spiro atoms. The van der Waals surface area contributed by atoms with Crippen molar-refractivity contribution in [3.63, 3.8) is 0 Å².